The first-order valence-electron chi connectivity index (χ1n) is 18.2. The maximum atomic E-state index is 13.2. The van der Waals surface area contributed by atoms with E-state index in [0.29, 0.717) is 74.9 Å². The summed E-state index contributed by atoms with van der Waals surface area (Å²) in [5, 5.41) is 2.11. The van der Waals surface area contributed by atoms with Gasteiger partial charge in [-0.25, -0.2) is 34.9 Å². The summed E-state index contributed by atoms with van der Waals surface area (Å²) in [4.78, 5) is 64.4. The van der Waals surface area contributed by atoms with Crippen molar-refractivity contribution in [3.05, 3.63) is 98.9 Å². The van der Waals surface area contributed by atoms with Crippen molar-refractivity contribution in [1.82, 2.24) is 58.6 Å². The number of nitrogens with zero attached hydrogens (tertiary/aromatic N) is 11. The van der Waals surface area contributed by atoms with Crippen molar-refractivity contribution in [3.63, 3.8) is 0 Å². The summed E-state index contributed by atoms with van der Waals surface area (Å²) in [6, 6.07) is 11.6. The van der Waals surface area contributed by atoms with Gasteiger partial charge in [0.05, 0.1) is 46.8 Å². The van der Waals surface area contributed by atoms with Gasteiger partial charge in [-0.2, -0.15) is 4.98 Å². The number of anilines is 2. The van der Waals surface area contributed by atoms with Crippen molar-refractivity contribution < 1.29 is 0 Å². The van der Waals surface area contributed by atoms with Crippen LogP contribution in [0.1, 0.15) is 48.5 Å². The van der Waals surface area contributed by atoms with Crippen LogP contribution in [0.5, 0.6) is 0 Å². The standard InChI is InChI=1S/C19H19N7OS.C19H19N7O/c1-10-3-2-4-12-14(10)18(27)26(7-11-5-6-11)13(23-12)8-28-17-15-16(22-9-21-15)24-19(20)25-17;1-11-3-2-4-13-15(11)19(27)26(7-12-5-6-12)14(24-13)8-25-10-23-16-17(20)21-9-22-18(16)25/h2-4,9,11H,5-8H2,1H3,(H3,20,21,22,24,25);2-4,9-10,12H,5-8H2,1H3,(H2,20,21,22). The van der Waals surface area contributed by atoms with E-state index in [-0.39, 0.29) is 17.1 Å². The summed E-state index contributed by atoms with van der Waals surface area (Å²) in [5.41, 5.74) is 17.6. The fourth-order valence-corrected chi connectivity index (χ4v) is 7.84. The lowest BCUT2D eigenvalue weighted by Crippen LogP contribution is -2.28. The van der Waals surface area contributed by atoms with E-state index in [4.69, 9.17) is 21.4 Å². The van der Waals surface area contributed by atoms with Gasteiger partial charge >= 0.3 is 0 Å². The maximum Gasteiger partial charge on any atom is 0.261 e. The van der Waals surface area contributed by atoms with Crippen molar-refractivity contribution in [3.8, 4) is 0 Å². The summed E-state index contributed by atoms with van der Waals surface area (Å²) in [7, 11) is 0. The number of benzene rings is 2. The first-order chi connectivity index (χ1) is 26.7. The largest absolute Gasteiger partial charge is 0.382 e. The van der Waals surface area contributed by atoms with Crippen LogP contribution in [0.4, 0.5) is 11.8 Å². The molecule has 2 aliphatic rings. The molecule has 0 radical (unpaired) electrons. The second-order valence-corrected chi connectivity index (χ2v) is 15.3. The molecule has 2 saturated carbocycles. The van der Waals surface area contributed by atoms with E-state index in [1.165, 1.54) is 30.9 Å². The number of hydrogen-bond donors (Lipinski definition) is 3. The van der Waals surface area contributed by atoms with Crippen LogP contribution in [0.25, 0.3) is 44.1 Å². The zero-order valence-corrected chi connectivity index (χ0v) is 31.1. The minimum absolute atomic E-state index is 0.0264. The van der Waals surface area contributed by atoms with Gasteiger partial charge in [0.1, 0.15) is 34.0 Å². The molecule has 10 rings (SSSR count). The number of nitrogens with one attached hydrogen (secondary N) is 1. The number of imidazole rings is 2. The molecule has 0 bridgehead atoms. The third-order valence-electron chi connectivity index (χ3n) is 10.2. The van der Waals surface area contributed by atoms with Crippen molar-refractivity contribution in [2.75, 3.05) is 11.5 Å². The Morgan fingerprint density at radius 3 is 2.07 bits per heavy atom. The van der Waals surface area contributed by atoms with Gasteiger partial charge in [-0.15, -0.1) is 0 Å². The first-order valence-corrected chi connectivity index (χ1v) is 19.2. The molecule has 6 heterocycles. The topological polar surface area (TPSA) is 220 Å². The highest BCUT2D eigenvalue weighted by Crippen LogP contribution is 2.33. The Labute approximate surface area is 317 Å². The molecule has 6 aromatic heterocycles. The van der Waals surface area contributed by atoms with Crippen molar-refractivity contribution in [1.29, 1.82) is 0 Å². The van der Waals surface area contributed by atoms with E-state index in [1.807, 2.05) is 63.9 Å². The molecule has 2 aromatic carbocycles. The number of rotatable bonds is 9. The number of thioether (sulfide) groups is 1. The normalized spacial score (nSPS) is 14.2. The van der Waals surface area contributed by atoms with Crippen molar-refractivity contribution in [2.45, 2.75) is 69.9 Å². The van der Waals surface area contributed by atoms with E-state index in [9.17, 15) is 9.59 Å². The molecule has 17 heteroatoms. The molecule has 16 nitrogen and oxygen atoms in total. The van der Waals surface area contributed by atoms with Crippen LogP contribution in [0.3, 0.4) is 0 Å². The average molecular weight is 755 g/mol. The monoisotopic (exact) mass is 754 g/mol. The Bertz CT molecular complexity index is 2890. The molecule has 0 atom stereocenters. The number of nitrogen functional groups attached to an aromatic ring is 2. The van der Waals surface area contributed by atoms with Crippen LogP contribution in [-0.2, 0) is 25.4 Å². The van der Waals surface area contributed by atoms with E-state index in [2.05, 4.69) is 34.9 Å². The Hall–Kier alpha value is -6.23. The average Bonchev–Trinajstić information content (AvgIpc) is 4.08. The minimum Gasteiger partial charge on any atom is -0.382 e. The Balaban J connectivity index is 0.000000144. The molecule has 5 N–H and O–H groups in total. The highest BCUT2D eigenvalue weighted by Gasteiger charge is 2.26. The van der Waals surface area contributed by atoms with Crippen LogP contribution >= 0.6 is 11.8 Å². The van der Waals surface area contributed by atoms with Gasteiger partial charge in [0, 0.05) is 13.1 Å². The number of fused-ring (bicyclic) bond motifs is 4. The number of hydrogen-bond acceptors (Lipinski definition) is 13. The maximum absolute atomic E-state index is 13.2. The fraction of sp³-hybridized carbons (Fsp3) is 0.316. The van der Waals surface area contributed by atoms with Gasteiger partial charge in [0.2, 0.25) is 5.95 Å². The van der Waals surface area contributed by atoms with E-state index in [1.54, 1.807) is 12.7 Å². The van der Waals surface area contributed by atoms with Gasteiger partial charge in [-0.05, 0) is 74.6 Å². The molecule has 0 unspecified atom stereocenters. The van der Waals surface area contributed by atoms with E-state index < -0.39 is 0 Å². The summed E-state index contributed by atoms with van der Waals surface area (Å²) < 4.78 is 5.53. The number of H-pyrrole nitrogens is 1. The smallest absolute Gasteiger partial charge is 0.261 e. The summed E-state index contributed by atoms with van der Waals surface area (Å²) in [5.74, 6) is 3.62. The zero-order valence-electron chi connectivity index (χ0n) is 30.3. The molecule has 2 fully saturated rings. The lowest BCUT2D eigenvalue weighted by molar-refractivity contribution is 0.555. The Kier molecular flexibility index (Phi) is 8.71. The molecule has 0 saturated heterocycles. The summed E-state index contributed by atoms with van der Waals surface area (Å²) in [6.07, 6.45) is 9.33. The number of nitrogens with two attached hydrogens (primary N) is 2. The van der Waals surface area contributed by atoms with E-state index in [0.717, 1.165) is 52.9 Å². The minimum atomic E-state index is 0.0264. The highest BCUT2D eigenvalue weighted by molar-refractivity contribution is 7.98. The molecule has 0 spiro atoms. The third kappa shape index (κ3) is 6.75. The van der Waals surface area contributed by atoms with Gasteiger partial charge in [0.15, 0.2) is 17.1 Å². The van der Waals surface area contributed by atoms with Crippen LogP contribution in [0.15, 0.2) is 70.0 Å². The Morgan fingerprint density at radius 2 is 1.42 bits per heavy atom. The molecule has 8 aromatic rings. The van der Waals surface area contributed by atoms with Crippen LogP contribution in [0.2, 0.25) is 0 Å². The quantitative estimate of drug-likeness (QED) is 0.136. The van der Waals surface area contributed by atoms with Crippen LogP contribution in [0, 0.1) is 25.7 Å². The predicted octanol–water partition coefficient (Wildman–Crippen LogP) is 4.54. The van der Waals surface area contributed by atoms with Gasteiger partial charge in [0.25, 0.3) is 11.1 Å². The van der Waals surface area contributed by atoms with E-state index >= 15 is 0 Å². The van der Waals surface area contributed by atoms with Crippen LogP contribution < -0.4 is 22.6 Å². The number of aromatic amines is 1. The fourth-order valence-electron chi connectivity index (χ4n) is 6.90. The summed E-state index contributed by atoms with van der Waals surface area (Å²) >= 11 is 1.48. The first kappa shape index (κ1) is 34.5. The predicted molar refractivity (Wildman–Crippen MR) is 211 cm³/mol. The molecule has 278 valence electrons. The Morgan fingerprint density at radius 1 is 0.782 bits per heavy atom. The zero-order chi connectivity index (χ0) is 37.8. The van der Waals surface area contributed by atoms with Crippen molar-refractivity contribution in [2.24, 2.45) is 11.8 Å². The third-order valence-corrected chi connectivity index (χ3v) is 11.1. The molecule has 55 heavy (non-hydrogen) atoms. The molecular formula is C38H38N14O2S. The summed E-state index contributed by atoms with van der Waals surface area (Å²) in [6.45, 7) is 5.74. The molecule has 0 amide bonds. The van der Waals surface area contributed by atoms with Gasteiger partial charge < -0.3 is 21.0 Å². The molecular weight excluding hydrogens is 717 g/mol. The SMILES string of the molecule is Cc1cccc2nc(CSc3nc(N)nc4nc[nH]c34)n(CC3CC3)c(=O)c12.Cc1cccc2nc(Cn3cnc4c(N)ncnc43)n(CC3CC3)c(=O)c12. The van der Waals surface area contributed by atoms with Gasteiger partial charge in [-0.1, -0.05) is 36.0 Å². The molecule has 0 aliphatic heterocycles. The highest BCUT2D eigenvalue weighted by atomic mass is 32.2. The number of aryl methyl sites for hydroxylation is 2. The van der Waals surface area contributed by atoms with Crippen molar-refractivity contribution >= 4 is 67.7 Å². The van der Waals surface area contributed by atoms with Crippen LogP contribution in [-0.4, -0.2) is 58.6 Å². The second-order valence-electron chi connectivity index (χ2n) is 14.3. The number of aromatic nitrogens is 12. The second kappa shape index (κ2) is 13.9. The lowest BCUT2D eigenvalue weighted by Gasteiger charge is -2.14. The molecule has 2 aliphatic carbocycles. The lowest BCUT2D eigenvalue weighted by atomic mass is 10.1. The van der Waals surface area contributed by atoms with Gasteiger partial charge in [-0.3, -0.25) is 18.7 Å².